The maximum absolute atomic E-state index is 12.3. The first-order chi connectivity index (χ1) is 7.72. The molecule has 0 aliphatic rings. The SMILES string of the molecule is CCCN(CC(F)(F)F)C(=O)C(C#N)C(C)C. The Labute approximate surface area is 99.2 Å². The van der Waals surface area contributed by atoms with E-state index in [9.17, 15) is 18.0 Å². The second-order valence-corrected chi connectivity index (χ2v) is 4.23. The number of nitriles is 1. The van der Waals surface area contributed by atoms with E-state index in [-0.39, 0.29) is 12.5 Å². The number of halogens is 3. The Morgan fingerprint density at radius 1 is 1.41 bits per heavy atom. The molecule has 0 N–H and O–H groups in total. The van der Waals surface area contributed by atoms with Gasteiger partial charge in [-0.1, -0.05) is 20.8 Å². The van der Waals surface area contributed by atoms with E-state index in [1.807, 2.05) is 0 Å². The largest absolute Gasteiger partial charge is 0.406 e. The van der Waals surface area contributed by atoms with Crippen LogP contribution in [-0.2, 0) is 4.79 Å². The maximum Gasteiger partial charge on any atom is 0.406 e. The number of carbonyl (C=O) groups is 1. The van der Waals surface area contributed by atoms with Gasteiger partial charge in [0.05, 0.1) is 6.07 Å². The van der Waals surface area contributed by atoms with Gasteiger partial charge in [-0.25, -0.2) is 0 Å². The molecule has 1 atom stereocenters. The molecule has 0 rings (SSSR count). The van der Waals surface area contributed by atoms with E-state index in [4.69, 9.17) is 5.26 Å². The van der Waals surface area contributed by atoms with Crippen LogP contribution in [0.4, 0.5) is 13.2 Å². The minimum atomic E-state index is -4.43. The fraction of sp³-hybridized carbons (Fsp3) is 0.818. The number of carbonyl (C=O) groups excluding carboxylic acids is 1. The van der Waals surface area contributed by atoms with Crippen molar-refractivity contribution in [2.75, 3.05) is 13.1 Å². The molecule has 0 aliphatic carbocycles. The Balaban J connectivity index is 4.82. The van der Waals surface area contributed by atoms with Gasteiger partial charge in [0.1, 0.15) is 12.5 Å². The minimum absolute atomic E-state index is 0.0171. The second-order valence-electron chi connectivity index (χ2n) is 4.23. The standard InChI is InChI=1S/C11H17F3N2O/c1-4-5-16(7-11(12,13)14)10(17)9(6-15)8(2)3/h8-9H,4-5,7H2,1-3H3. The molecule has 0 fully saturated rings. The Kier molecular flexibility index (Phi) is 6.00. The molecule has 0 aromatic rings. The quantitative estimate of drug-likeness (QED) is 0.752. The highest BCUT2D eigenvalue weighted by molar-refractivity contribution is 5.81. The molecule has 0 saturated heterocycles. The molecule has 3 nitrogen and oxygen atoms in total. The van der Waals surface area contributed by atoms with Gasteiger partial charge in [-0.2, -0.15) is 18.4 Å². The highest BCUT2D eigenvalue weighted by Crippen LogP contribution is 2.20. The monoisotopic (exact) mass is 250 g/mol. The normalized spacial score (nSPS) is 13.3. The molecular weight excluding hydrogens is 233 g/mol. The molecule has 0 radical (unpaired) electrons. The van der Waals surface area contributed by atoms with Gasteiger partial charge in [0.2, 0.25) is 5.91 Å². The van der Waals surface area contributed by atoms with Crippen LogP contribution in [0.1, 0.15) is 27.2 Å². The van der Waals surface area contributed by atoms with Crippen molar-refractivity contribution >= 4 is 5.91 Å². The van der Waals surface area contributed by atoms with Gasteiger partial charge in [-0.3, -0.25) is 4.79 Å². The summed E-state index contributed by atoms with van der Waals surface area (Å²) in [6, 6.07) is 1.77. The molecule has 0 spiro atoms. The first-order valence-electron chi connectivity index (χ1n) is 5.48. The molecule has 17 heavy (non-hydrogen) atoms. The number of nitrogens with zero attached hydrogens (tertiary/aromatic N) is 2. The van der Waals surface area contributed by atoms with Crippen molar-refractivity contribution in [3.63, 3.8) is 0 Å². The summed E-state index contributed by atoms with van der Waals surface area (Å²) in [6.45, 7) is 3.70. The summed E-state index contributed by atoms with van der Waals surface area (Å²) in [4.78, 5) is 12.5. The lowest BCUT2D eigenvalue weighted by atomic mass is 9.96. The van der Waals surface area contributed by atoms with Crippen LogP contribution in [0.15, 0.2) is 0 Å². The molecular formula is C11H17F3N2O. The third kappa shape index (κ3) is 5.57. The Bertz CT molecular complexity index is 294. The first kappa shape index (κ1) is 15.8. The molecule has 0 aromatic carbocycles. The van der Waals surface area contributed by atoms with Crippen LogP contribution in [0.5, 0.6) is 0 Å². The third-order valence-electron chi connectivity index (χ3n) is 2.25. The average Bonchev–Trinajstić information content (AvgIpc) is 2.15. The second kappa shape index (κ2) is 6.48. The van der Waals surface area contributed by atoms with Crippen molar-refractivity contribution in [1.29, 1.82) is 5.26 Å². The number of amides is 1. The summed E-state index contributed by atoms with van der Waals surface area (Å²) in [5, 5.41) is 8.80. The summed E-state index contributed by atoms with van der Waals surface area (Å²) >= 11 is 0. The van der Waals surface area contributed by atoms with Gasteiger partial charge in [0.25, 0.3) is 0 Å². The summed E-state index contributed by atoms with van der Waals surface area (Å²) < 4.78 is 36.8. The first-order valence-corrected chi connectivity index (χ1v) is 5.48. The van der Waals surface area contributed by atoms with Crippen molar-refractivity contribution in [2.24, 2.45) is 11.8 Å². The van der Waals surface area contributed by atoms with E-state index in [1.165, 1.54) is 0 Å². The highest BCUT2D eigenvalue weighted by Gasteiger charge is 2.35. The smallest absolute Gasteiger partial charge is 0.332 e. The predicted molar refractivity (Wildman–Crippen MR) is 56.9 cm³/mol. The van der Waals surface area contributed by atoms with Gasteiger partial charge < -0.3 is 4.90 Å². The van der Waals surface area contributed by atoms with Crippen LogP contribution < -0.4 is 0 Å². The minimum Gasteiger partial charge on any atom is -0.332 e. The van der Waals surface area contributed by atoms with Gasteiger partial charge in [-0.15, -0.1) is 0 Å². The van der Waals surface area contributed by atoms with E-state index in [1.54, 1.807) is 26.8 Å². The van der Waals surface area contributed by atoms with Crippen LogP contribution in [0, 0.1) is 23.2 Å². The lowest BCUT2D eigenvalue weighted by Crippen LogP contribution is -2.43. The number of alkyl halides is 3. The van der Waals surface area contributed by atoms with Crippen molar-refractivity contribution in [3.05, 3.63) is 0 Å². The molecule has 0 bridgehead atoms. The Morgan fingerprint density at radius 3 is 2.24 bits per heavy atom. The number of hydrogen-bond acceptors (Lipinski definition) is 2. The van der Waals surface area contributed by atoms with Crippen LogP contribution in [0.25, 0.3) is 0 Å². The van der Waals surface area contributed by atoms with E-state index in [0.29, 0.717) is 11.3 Å². The zero-order chi connectivity index (χ0) is 13.6. The summed E-state index contributed by atoms with van der Waals surface area (Å²) in [7, 11) is 0. The van der Waals surface area contributed by atoms with E-state index in [0.717, 1.165) is 0 Å². The van der Waals surface area contributed by atoms with E-state index < -0.39 is 24.5 Å². The Hall–Kier alpha value is -1.25. The molecule has 0 saturated carbocycles. The van der Waals surface area contributed by atoms with Crippen molar-refractivity contribution in [2.45, 2.75) is 33.4 Å². The van der Waals surface area contributed by atoms with Gasteiger partial charge in [-0.05, 0) is 12.3 Å². The average molecular weight is 250 g/mol. The fourth-order valence-electron chi connectivity index (χ4n) is 1.44. The van der Waals surface area contributed by atoms with Gasteiger partial charge in [0, 0.05) is 6.54 Å². The number of hydrogen-bond donors (Lipinski definition) is 0. The van der Waals surface area contributed by atoms with Crippen LogP contribution >= 0.6 is 0 Å². The van der Waals surface area contributed by atoms with Crippen LogP contribution in [0.2, 0.25) is 0 Å². The van der Waals surface area contributed by atoms with E-state index in [2.05, 4.69) is 0 Å². The predicted octanol–water partition coefficient (Wildman–Crippen LogP) is 2.58. The van der Waals surface area contributed by atoms with Crippen LogP contribution in [-0.4, -0.2) is 30.1 Å². The highest BCUT2D eigenvalue weighted by atomic mass is 19.4. The maximum atomic E-state index is 12.3. The van der Waals surface area contributed by atoms with Crippen molar-refractivity contribution < 1.29 is 18.0 Å². The topological polar surface area (TPSA) is 44.1 Å². The zero-order valence-corrected chi connectivity index (χ0v) is 10.2. The summed E-state index contributed by atoms with van der Waals surface area (Å²) in [6.07, 6.45) is -4.00. The fourth-order valence-corrected chi connectivity index (χ4v) is 1.44. The molecule has 6 heteroatoms. The lowest BCUT2D eigenvalue weighted by Gasteiger charge is -2.26. The molecule has 98 valence electrons. The Morgan fingerprint density at radius 2 is 1.94 bits per heavy atom. The molecule has 0 aromatic heterocycles. The van der Waals surface area contributed by atoms with Crippen LogP contribution in [0.3, 0.4) is 0 Å². The molecule has 1 unspecified atom stereocenters. The molecule has 0 aliphatic heterocycles. The number of rotatable bonds is 5. The van der Waals surface area contributed by atoms with Crippen molar-refractivity contribution in [3.8, 4) is 6.07 Å². The third-order valence-corrected chi connectivity index (χ3v) is 2.25. The molecule has 0 heterocycles. The summed E-state index contributed by atoms with van der Waals surface area (Å²) in [5.74, 6) is -2.04. The van der Waals surface area contributed by atoms with E-state index >= 15 is 0 Å². The van der Waals surface area contributed by atoms with Gasteiger partial charge in [0.15, 0.2) is 0 Å². The summed E-state index contributed by atoms with van der Waals surface area (Å²) in [5.41, 5.74) is 0. The lowest BCUT2D eigenvalue weighted by molar-refractivity contribution is -0.163. The van der Waals surface area contributed by atoms with Crippen molar-refractivity contribution in [1.82, 2.24) is 4.90 Å². The van der Waals surface area contributed by atoms with Gasteiger partial charge >= 0.3 is 6.18 Å². The molecule has 1 amide bonds. The zero-order valence-electron chi connectivity index (χ0n) is 10.2.